The third-order valence-electron chi connectivity index (χ3n) is 2.38. The second-order valence-corrected chi connectivity index (χ2v) is 3.76. The molecule has 0 fully saturated rings. The average Bonchev–Trinajstić information content (AvgIpc) is 2.63. The minimum Gasteiger partial charge on any atom is -0.396 e. The van der Waals surface area contributed by atoms with E-state index < -0.39 is 0 Å². The van der Waals surface area contributed by atoms with Gasteiger partial charge in [-0.15, -0.1) is 0 Å². The van der Waals surface area contributed by atoms with Crippen molar-refractivity contribution in [3.05, 3.63) is 30.2 Å². The van der Waals surface area contributed by atoms with Gasteiger partial charge in [0.15, 0.2) is 0 Å². The smallest absolute Gasteiger partial charge is 0.124 e. The van der Waals surface area contributed by atoms with E-state index in [1.165, 1.54) is 18.3 Å². The Bertz CT molecular complexity index is 504. The number of nitrogen functional groups attached to an aromatic ring is 1. The Kier molecular flexibility index (Phi) is 2.52. The number of hydrogen-bond donors (Lipinski definition) is 2. The fraction of sp³-hybridized carbons (Fsp3) is 0.182. The van der Waals surface area contributed by atoms with Crippen molar-refractivity contribution in [3.63, 3.8) is 0 Å². The van der Waals surface area contributed by atoms with E-state index in [0.29, 0.717) is 16.9 Å². The highest BCUT2D eigenvalue weighted by atomic mass is 19.1. The van der Waals surface area contributed by atoms with Crippen LogP contribution in [0.4, 0.5) is 15.8 Å². The Morgan fingerprint density at radius 1 is 1.38 bits per heavy atom. The van der Waals surface area contributed by atoms with E-state index in [0.717, 1.165) is 5.69 Å². The number of H-pyrrole nitrogens is 1. The predicted molar refractivity (Wildman–Crippen MR) is 62.7 cm³/mol. The van der Waals surface area contributed by atoms with Crippen molar-refractivity contribution >= 4 is 11.4 Å². The molecule has 5 heteroatoms. The van der Waals surface area contributed by atoms with Gasteiger partial charge in [0.05, 0.1) is 17.6 Å². The first kappa shape index (κ1) is 10.5. The van der Waals surface area contributed by atoms with E-state index >= 15 is 0 Å². The maximum atomic E-state index is 13.2. The third-order valence-corrected chi connectivity index (χ3v) is 2.38. The van der Waals surface area contributed by atoms with Crippen LogP contribution in [0.1, 0.15) is 0 Å². The van der Waals surface area contributed by atoms with Gasteiger partial charge in [0.2, 0.25) is 0 Å². The van der Waals surface area contributed by atoms with Crippen LogP contribution < -0.4 is 10.6 Å². The monoisotopic (exact) mass is 220 g/mol. The van der Waals surface area contributed by atoms with Crippen molar-refractivity contribution < 1.29 is 4.39 Å². The van der Waals surface area contributed by atoms with Crippen LogP contribution in [0.5, 0.6) is 0 Å². The van der Waals surface area contributed by atoms with E-state index in [2.05, 4.69) is 10.2 Å². The summed E-state index contributed by atoms with van der Waals surface area (Å²) in [6.07, 6.45) is 1.51. The number of halogens is 1. The Balaban J connectivity index is 2.63. The quantitative estimate of drug-likeness (QED) is 0.812. The number of nitrogens with zero attached hydrogens (tertiary/aromatic N) is 2. The summed E-state index contributed by atoms with van der Waals surface area (Å²) < 4.78 is 13.2. The lowest BCUT2D eigenvalue weighted by atomic mass is 10.1. The van der Waals surface area contributed by atoms with Crippen LogP contribution in [0, 0.1) is 5.82 Å². The molecule has 0 unspecified atom stereocenters. The predicted octanol–water partition coefficient (Wildman–Crippen LogP) is 1.86. The van der Waals surface area contributed by atoms with Crippen LogP contribution in [0.2, 0.25) is 0 Å². The fourth-order valence-electron chi connectivity index (χ4n) is 1.61. The molecule has 0 saturated heterocycles. The van der Waals surface area contributed by atoms with E-state index in [9.17, 15) is 4.39 Å². The lowest BCUT2D eigenvalue weighted by Gasteiger charge is -2.16. The van der Waals surface area contributed by atoms with Crippen LogP contribution in [-0.2, 0) is 0 Å². The second kappa shape index (κ2) is 3.84. The van der Waals surface area contributed by atoms with Gasteiger partial charge >= 0.3 is 0 Å². The highest BCUT2D eigenvalue weighted by molar-refractivity contribution is 5.82. The molecule has 4 nitrogen and oxygen atoms in total. The largest absolute Gasteiger partial charge is 0.396 e. The standard InChI is InChI=1S/C11H13FN4/c1-16(2)10-4-3-7(12)5-8(10)11-9(13)6-14-15-11/h3-6H,13H2,1-2H3,(H,14,15). The first-order valence-electron chi connectivity index (χ1n) is 4.85. The molecular weight excluding hydrogens is 207 g/mol. The van der Waals surface area contributed by atoms with Crippen LogP contribution in [0.25, 0.3) is 11.3 Å². The lowest BCUT2D eigenvalue weighted by molar-refractivity contribution is 0.628. The molecule has 0 amide bonds. The van der Waals surface area contributed by atoms with Crippen molar-refractivity contribution in [1.82, 2.24) is 10.2 Å². The molecule has 1 heterocycles. The zero-order valence-electron chi connectivity index (χ0n) is 9.16. The molecule has 84 valence electrons. The number of nitrogens with one attached hydrogen (secondary N) is 1. The van der Waals surface area contributed by atoms with Crippen molar-refractivity contribution in [3.8, 4) is 11.3 Å². The van der Waals surface area contributed by atoms with Crippen LogP contribution >= 0.6 is 0 Å². The van der Waals surface area contributed by atoms with Gasteiger partial charge in [-0.25, -0.2) is 4.39 Å². The first-order valence-corrected chi connectivity index (χ1v) is 4.85. The fourth-order valence-corrected chi connectivity index (χ4v) is 1.61. The zero-order valence-corrected chi connectivity index (χ0v) is 9.16. The summed E-state index contributed by atoms with van der Waals surface area (Å²) >= 11 is 0. The number of nitrogens with two attached hydrogens (primary N) is 1. The number of hydrogen-bond acceptors (Lipinski definition) is 3. The molecule has 16 heavy (non-hydrogen) atoms. The molecule has 2 aromatic rings. The summed E-state index contributed by atoms with van der Waals surface area (Å²) in [5, 5.41) is 6.61. The summed E-state index contributed by atoms with van der Waals surface area (Å²) in [7, 11) is 3.78. The maximum absolute atomic E-state index is 13.2. The van der Waals surface area contributed by atoms with Gasteiger partial charge in [0.25, 0.3) is 0 Å². The van der Waals surface area contributed by atoms with Gasteiger partial charge in [-0.05, 0) is 18.2 Å². The molecule has 0 radical (unpaired) electrons. The molecular formula is C11H13FN4. The van der Waals surface area contributed by atoms with Gasteiger partial charge in [-0.2, -0.15) is 5.10 Å². The van der Waals surface area contributed by atoms with Crippen molar-refractivity contribution in [2.45, 2.75) is 0 Å². The summed E-state index contributed by atoms with van der Waals surface area (Å²) in [6, 6.07) is 4.58. The number of aromatic nitrogens is 2. The van der Waals surface area contributed by atoms with Gasteiger partial charge in [0.1, 0.15) is 5.82 Å². The maximum Gasteiger partial charge on any atom is 0.124 e. The summed E-state index contributed by atoms with van der Waals surface area (Å²) in [4.78, 5) is 1.90. The highest BCUT2D eigenvalue weighted by Crippen LogP contribution is 2.32. The minimum atomic E-state index is -0.297. The van der Waals surface area contributed by atoms with Gasteiger partial charge in [-0.1, -0.05) is 0 Å². The van der Waals surface area contributed by atoms with Crippen molar-refractivity contribution in [2.24, 2.45) is 0 Å². The molecule has 0 atom stereocenters. The number of anilines is 2. The summed E-state index contributed by atoms with van der Waals surface area (Å²) in [5.74, 6) is -0.297. The zero-order chi connectivity index (χ0) is 11.7. The van der Waals surface area contributed by atoms with Gasteiger partial charge in [-0.3, -0.25) is 5.10 Å². The minimum absolute atomic E-state index is 0.297. The van der Waals surface area contributed by atoms with E-state index in [1.807, 2.05) is 19.0 Å². The summed E-state index contributed by atoms with van der Waals surface area (Å²) in [6.45, 7) is 0. The normalized spacial score (nSPS) is 10.4. The van der Waals surface area contributed by atoms with Crippen molar-refractivity contribution in [1.29, 1.82) is 0 Å². The third kappa shape index (κ3) is 1.71. The highest BCUT2D eigenvalue weighted by Gasteiger charge is 2.12. The van der Waals surface area contributed by atoms with E-state index in [4.69, 9.17) is 5.73 Å². The number of rotatable bonds is 2. The molecule has 3 N–H and O–H groups in total. The van der Waals surface area contributed by atoms with E-state index in [-0.39, 0.29) is 5.82 Å². The molecule has 1 aromatic carbocycles. The lowest BCUT2D eigenvalue weighted by Crippen LogP contribution is -2.10. The number of benzene rings is 1. The second-order valence-electron chi connectivity index (χ2n) is 3.76. The molecule has 0 aliphatic rings. The number of aromatic amines is 1. The van der Waals surface area contributed by atoms with Crippen LogP contribution in [0.15, 0.2) is 24.4 Å². The van der Waals surface area contributed by atoms with Crippen LogP contribution in [0.3, 0.4) is 0 Å². The summed E-state index contributed by atoms with van der Waals surface area (Å²) in [5.41, 5.74) is 8.50. The Morgan fingerprint density at radius 3 is 2.69 bits per heavy atom. The van der Waals surface area contributed by atoms with Crippen LogP contribution in [-0.4, -0.2) is 24.3 Å². The van der Waals surface area contributed by atoms with Gasteiger partial charge < -0.3 is 10.6 Å². The Morgan fingerprint density at radius 2 is 2.12 bits per heavy atom. The SMILES string of the molecule is CN(C)c1ccc(F)cc1-c1[nH]ncc1N. The Hall–Kier alpha value is -2.04. The van der Waals surface area contributed by atoms with Gasteiger partial charge in [0, 0.05) is 25.3 Å². The average molecular weight is 220 g/mol. The van der Waals surface area contributed by atoms with Crippen molar-refractivity contribution in [2.75, 3.05) is 24.7 Å². The first-order chi connectivity index (χ1) is 7.59. The molecule has 0 aliphatic carbocycles. The Labute approximate surface area is 92.9 Å². The molecule has 2 rings (SSSR count). The van der Waals surface area contributed by atoms with E-state index in [1.54, 1.807) is 6.07 Å². The molecule has 0 spiro atoms. The molecule has 0 aliphatic heterocycles. The topological polar surface area (TPSA) is 57.9 Å². The molecule has 0 bridgehead atoms. The molecule has 1 aromatic heterocycles. The molecule has 0 saturated carbocycles.